The van der Waals surface area contributed by atoms with Crippen molar-refractivity contribution < 1.29 is 4.79 Å². The van der Waals surface area contributed by atoms with Gasteiger partial charge in [-0.2, -0.15) is 5.26 Å². The monoisotopic (exact) mass is 245 g/mol. The van der Waals surface area contributed by atoms with Crippen LogP contribution >= 0.6 is 0 Å². The van der Waals surface area contributed by atoms with Crippen LogP contribution in [0.1, 0.15) is 32.8 Å². The van der Waals surface area contributed by atoms with Gasteiger partial charge in [0, 0.05) is 5.69 Å². The van der Waals surface area contributed by atoms with Gasteiger partial charge in [0.15, 0.2) is 0 Å². The molecule has 1 atom stereocenters. The fourth-order valence-electron chi connectivity index (χ4n) is 1.46. The first kappa shape index (κ1) is 14.2. The Kier molecular flexibility index (Phi) is 4.46. The molecule has 0 aromatic heterocycles. The molecule has 0 aliphatic heterocycles. The maximum absolute atomic E-state index is 11.6. The van der Waals surface area contributed by atoms with Gasteiger partial charge in [0.2, 0.25) is 5.91 Å². The predicted octanol–water partition coefficient (Wildman–Crippen LogP) is 2.16. The van der Waals surface area contributed by atoms with Crippen LogP contribution in [0.2, 0.25) is 0 Å². The Morgan fingerprint density at radius 2 is 2.00 bits per heavy atom. The molecule has 18 heavy (non-hydrogen) atoms. The van der Waals surface area contributed by atoms with Crippen LogP contribution < -0.4 is 11.1 Å². The third-order valence-electron chi connectivity index (χ3n) is 2.93. The SMILES string of the molecule is CC[C@@H](N)C(=O)Nc1ccc(C(C)(C)C#N)cc1. The highest BCUT2D eigenvalue weighted by atomic mass is 16.2. The Morgan fingerprint density at radius 1 is 1.44 bits per heavy atom. The summed E-state index contributed by atoms with van der Waals surface area (Å²) >= 11 is 0. The van der Waals surface area contributed by atoms with E-state index in [1.165, 1.54) is 0 Å². The third kappa shape index (κ3) is 3.31. The minimum Gasteiger partial charge on any atom is -0.325 e. The van der Waals surface area contributed by atoms with Gasteiger partial charge in [-0.3, -0.25) is 4.79 Å². The molecule has 0 saturated heterocycles. The second kappa shape index (κ2) is 5.65. The molecule has 0 unspecified atom stereocenters. The van der Waals surface area contributed by atoms with Crippen molar-refractivity contribution in [2.24, 2.45) is 5.73 Å². The molecule has 1 aromatic carbocycles. The Hall–Kier alpha value is -1.86. The van der Waals surface area contributed by atoms with E-state index in [4.69, 9.17) is 11.0 Å². The van der Waals surface area contributed by atoms with Crippen molar-refractivity contribution in [3.63, 3.8) is 0 Å². The van der Waals surface area contributed by atoms with Gasteiger partial charge >= 0.3 is 0 Å². The van der Waals surface area contributed by atoms with E-state index < -0.39 is 11.5 Å². The molecule has 1 rings (SSSR count). The number of carbonyl (C=O) groups excluding carboxylic acids is 1. The van der Waals surface area contributed by atoms with Crippen molar-refractivity contribution in [3.05, 3.63) is 29.8 Å². The van der Waals surface area contributed by atoms with Crippen molar-refractivity contribution in [1.82, 2.24) is 0 Å². The van der Waals surface area contributed by atoms with Crippen LogP contribution in [0.25, 0.3) is 0 Å². The fourth-order valence-corrected chi connectivity index (χ4v) is 1.46. The molecule has 3 N–H and O–H groups in total. The highest BCUT2D eigenvalue weighted by molar-refractivity contribution is 5.94. The molecule has 0 saturated carbocycles. The van der Waals surface area contributed by atoms with Gasteiger partial charge in [-0.05, 0) is 38.0 Å². The molecule has 0 bridgehead atoms. The van der Waals surface area contributed by atoms with Crippen molar-refractivity contribution in [2.45, 2.75) is 38.6 Å². The van der Waals surface area contributed by atoms with Gasteiger partial charge in [-0.1, -0.05) is 19.1 Å². The number of anilines is 1. The summed E-state index contributed by atoms with van der Waals surface area (Å²) in [4.78, 5) is 11.6. The van der Waals surface area contributed by atoms with Crippen LogP contribution in [0.3, 0.4) is 0 Å². The molecule has 4 nitrogen and oxygen atoms in total. The fraction of sp³-hybridized carbons (Fsp3) is 0.429. The minimum atomic E-state index is -0.525. The smallest absolute Gasteiger partial charge is 0.241 e. The molecular formula is C14H19N3O. The first-order chi connectivity index (χ1) is 8.40. The second-order valence-electron chi connectivity index (χ2n) is 4.82. The molecule has 0 radical (unpaired) electrons. The van der Waals surface area contributed by atoms with E-state index in [0.29, 0.717) is 12.1 Å². The Morgan fingerprint density at radius 3 is 2.44 bits per heavy atom. The maximum Gasteiger partial charge on any atom is 0.241 e. The minimum absolute atomic E-state index is 0.190. The van der Waals surface area contributed by atoms with Crippen LogP contribution in [0.5, 0.6) is 0 Å². The lowest BCUT2D eigenvalue weighted by molar-refractivity contribution is -0.117. The lowest BCUT2D eigenvalue weighted by atomic mass is 9.86. The van der Waals surface area contributed by atoms with Crippen molar-refractivity contribution >= 4 is 11.6 Å². The summed E-state index contributed by atoms with van der Waals surface area (Å²) in [7, 11) is 0. The van der Waals surface area contributed by atoms with Crippen molar-refractivity contribution in [2.75, 3.05) is 5.32 Å². The Bertz CT molecular complexity index is 457. The van der Waals surface area contributed by atoms with E-state index in [2.05, 4.69) is 11.4 Å². The van der Waals surface area contributed by atoms with Crippen LogP contribution in [-0.2, 0) is 10.2 Å². The number of amides is 1. The number of nitrogens with two attached hydrogens (primary N) is 1. The molecule has 1 aromatic rings. The van der Waals surface area contributed by atoms with Crippen LogP contribution in [-0.4, -0.2) is 11.9 Å². The number of carbonyl (C=O) groups is 1. The van der Waals surface area contributed by atoms with E-state index in [-0.39, 0.29) is 5.91 Å². The summed E-state index contributed by atoms with van der Waals surface area (Å²) in [5.41, 5.74) is 6.72. The first-order valence-corrected chi connectivity index (χ1v) is 5.99. The van der Waals surface area contributed by atoms with Gasteiger partial charge in [-0.25, -0.2) is 0 Å². The molecule has 1 amide bonds. The highest BCUT2D eigenvalue weighted by Gasteiger charge is 2.19. The number of nitriles is 1. The standard InChI is InChI=1S/C14H19N3O/c1-4-12(16)13(18)17-11-7-5-10(6-8-11)14(2,3)9-15/h5-8,12H,4,16H2,1-3H3,(H,17,18)/t12-/m1/s1. The van der Waals surface area contributed by atoms with Crippen LogP contribution in [0.4, 0.5) is 5.69 Å². The summed E-state index contributed by atoms with van der Waals surface area (Å²) in [5, 5.41) is 11.8. The second-order valence-corrected chi connectivity index (χ2v) is 4.82. The molecule has 0 fully saturated rings. The zero-order valence-corrected chi connectivity index (χ0v) is 11.0. The predicted molar refractivity (Wildman–Crippen MR) is 72.0 cm³/mol. The maximum atomic E-state index is 11.6. The first-order valence-electron chi connectivity index (χ1n) is 5.99. The number of hydrogen-bond donors (Lipinski definition) is 2. The number of hydrogen-bond acceptors (Lipinski definition) is 3. The molecule has 0 aliphatic rings. The lowest BCUT2D eigenvalue weighted by Crippen LogP contribution is -2.34. The van der Waals surface area contributed by atoms with E-state index >= 15 is 0 Å². The van der Waals surface area contributed by atoms with Crippen LogP contribution in [0, 0.1) is 11.3 Å². The molecule has 0 spiro atoms. The topological polar surface area (TPSA) is 78.9 Å². The van der Waals surface area contributed by atoms with Gasteiger partial charge in [0.05, 0.1) is 17.5 Å². The van der Waals surface area contributed by atoms with Gasteiger partial charge < -0.3 is 11.1 Å². The largest absolute Gasteiger partial charge is 0.325 e. The average molecular weight is 245 g/mol. The molecular weight excluding hydrogens is 226 g/mol. The number of rotatable bonds is 4. The van der Waals surface area contributed by atoms with E-state index in [0.717, 1.165) is 5.56 Å². The summed E-state index contributed by atoms with van der Waals surface area (Å²) in [6.45, 7) is 5.57. The zero-order valence-electron chi connectivity index (χ0n) is 11.0. The molecule has 0 aliphatic carbocycles. The van der Waals surface area contributed by atoms with E-state index in [1.54, 1.807) is 12.1 Å². The Labute approximate surface area is 108 Å². The summed E-state index contributed by atoms with van der Waals surface area (Å²) < 4.78 is 0. The van der Waals surface area contributed by atoms with Gasteiger partial charge in [-0.15, -0.1) is 0 Å². The summed E-state index contributed by atoms with van der Waals surface area (Å²) in [5.74, 6) is -0.190. The normalized spacial score (nSPS) is 12.6. The van der Waals surface area contributed by atoms with Gasteiger partial charge in [0.25, 0.3) is 0 Å². The van der Waals surface area contributed by atoms with E-state index in [9.17, 15) is 4.79 Å². The van der Waals surface area contributed by atoms with Crippen LogP contribution in [0.15, 0.2) is 24.3 Å². The molecule has 0 heterocycles. The van der Waals surface area contributed by atoms with Gasteiger partial charge in [0.1, 0.15) is 0 Å². The Balaban J connectivity index is 2.79. The number of nitrogens with one attached hydrogen (secondary N) is 1. The van der Waals surface area contributed by atoms with E-state index in [1.807, 2.05) is 32.9 Å². The lowest BCUT2D eigenvalue weighted by Gasteiger charge is -2.16. The average Bonchev–Trinajstić information content (AvgIpc) is 2.38. The quantitative estimate of drug-likeness (QED) is 0.853. The van der Waals surface area contributed by atoms with Crippen molar-refractivity contribution in [1.29, 1.82) is 5.26 Å². The highest BCUT2D eigenvalue weighted by Crippen LogP contribution is 2.23. The molecule has 4 heteroatoms. The van der Waals surface area contributed by atoms with Crippen molar-refractivity contribution in [3.8, 4) is 6.07 Å². The number of benzene rings is 1. The zero-order chi connectivity index (χ0) is 13.8. The third-order valence-corrected chi connectivity index (χ3v) is 2.93. The molecule has 96 valence electrons. The number of nitrogens with zero attached hydrogens (tertiary/aromatic N) is 1. The summed E-state index contributed by atoms with van der Waals surface area (Å²) in [6, 6.07) is 9.01. The summed E-state index contributed by atoms with van der Waals surface area (Å²) in [6.07, 6.45) is 0.603.